The highest BCUT2D eigenvalue weighted by Gasteiger charge is 2.48. The van der Waals surface area contributed by atoms with Crippen LogP contribution < -0.4 is 0 Å². The van der Waals surface area contributed by atoms with Crippen LogP contribution in [0.15, 0.2) is 42.4 Å². The van der Waals surface area contributed by atoms with Gasteiger partial charge in [0.2, 0.25) is 0 Å². The molecule has 23 heavy (non-hydrogen) atoms. The third-order valence-electron chi connectivity index (χ3n) is 6.08. The average molecular weight is 316 g/mol. The van der Waals surface area contributed by atoms with Crippen LogP contribution in [0.5, 0.6) is 0 Å². The molecule has 0 aromatic heterocycles. The number of likely N-dealkylation sites (tertiary alicyclic amines) is 1. The van der Waals surface area contributed by atoms with Crippen molar-refractivity contribution in [1.29, 1.82) is 0 Å². The van der Waals surface area contributed by atoms with E-state index in [9.17, 15) is 5.11 Å². The van der Waals surface area contributed by atoms with E-state index in [-0.39, 0.29) is 41.6 Å². The summed E-state index contributed by atoms with van der Waals surface area (Å²) in [5, 5.41) is 12.0. The molecular weight excluding hydrogens is 282 g/mol. The van der Waals surface area contributed by atoms with E-state index in [0.29, 0.717) is 18.9 Å². The van der Waals surface area contributed by atoms with Crippen LogP contribution >= 0.6 is 0 Å². The molecule has 4 atom stereocenters. The number of aliphatic hydroxyl groups is 1. The summed E-state index contributed by atoms with van der Waals surface area (Å²) in [5.74, 6) is 0.548. The van der Waals surface area contributed by atoms with Gasteiger partial charge in [0.05, 0.1) is 12.5 Å². The lowest BCUT2D eigenvalue weighted by molar-refractivity contribution is -0.0495. The Morgan fingerprint density at radius 1 is 1.09 bits per heavy atom. The van der Waals surface area contributed by atoms with Crippen LogP contribution in [0.25, 0.3) is 0 Å². The number of fused-ring (bicyclic) bond motifs is 2. The van der Waals surface area contributed by atoms with E-state index in [4.69, 9.17) is 6.85 Å². The predicted octanol–water partition coefficient (Wildman–Crippen LogP) is 3.96. The van der Waals surface area contributed by atoms with E-state index in [2.05, 4.69) is 17.1 Å². The highest BCUT2D eigenvalue weighted by molar-refractivity contribution is 5.27. The molecule has 0 amide bonds. The fourth-order valence-corrected chi connectivity index (χ4v) is 4.80. The summed E-state index contributed by atoms with van der Waals surface area (Å²) in [6.45, 7) is 2.71. The molecule has 0 radical (unpaired) electrons. The van der Waals surface area contributed by atoms with Gasteiger partial charge in [0.1, 0.15) is 0 Å². The highest BCUT2D eigenvalue weighted by atomic mass is 16.3. The first-order chi connectivity index (χ1) is 13.3. The van der Waals surface area contributed by atoms with E-state index >= 15 is 0 Å². The topological polar surface area (TPSA) is 23.5 Å². The smallest absolute Gasteiger partial charge is 0.0942 e. The molecule has 2 nitrogen and oxygen atoms in total. The summed E-state index contributed by atoms with van der Waals surface area (Å²) in [5.41, 5.74) is -1.31. The van der Waals surface area contributed by atoms with Gasteiger partial charge in [-0.25, -0.2) is 0 Å². The minimum Gasteiger partial charge on any atom is -0.385 e. The molecule has 1 aromatic rings. The highest BCUT2D eigenvalue weighted by Crippen LogP contribution is 2.52. The maximum Gasteiger partial charge on any atom is 0.0942 e. The Labute approximate surface area is 147 Å². The zero-order valence-electron chi connectivity index (χ0n) is 18.6. The molecule has 1 N–H and O–H groups in total. The third kappa shape index (κ3) is 2.99. The Kier molecular flexibility index (Phi) is 2.98. The lowest BCUT2D eigenvalue weighted by Crippen LogP contribution is -2.42. The SMILES string of the molecule is [2H]c1c([2H])c([2H])c(C(O)(CCN2CCCCC2)[C@H]2C[C@@H]3C=C[C@H]2C3)c([2H])c1[2H]. The first-order valence-electron chi connectivity index (χ1n) is 11.5. The minimum absolute atomic E-state index is 0.0986. The van der Waals surface area contributed by atoms with Crippen molar-refractivity contribution in [2.75, 3.05) is 19.6 Å². The van der Waals surface area contributed by atoms with Crippen LogP contribution in [0.2, 0.25) is 0 Å². The molecule has 124 valence electrons. The number of nitrogens with zero attached hydrogens (tertiary/aromatic N) is 1. The number of benzene rings is 1. The van der Waals surface area contributed by atoms with Crippen molar-refractivity contribution in [3.05, 3.63) is 47.9 Å². The second kappa shape index (κ2) is 6.41. The zero-order chi connectivity index (χ0) is 20.1. The van der Waals surface area contributed by atoms with E-state index in [1.165, 1.54) is 6.42 Å². The number of piperidine rings is 1. The molecule has 2 aliphatic carbocycles. The van der Waals surface area contributed by atoms with Gasteiger partial charge in [-0.1, -0.05) is 48.8 Å². The Hall–Kier alpha value is -1.12. The maximum atomic E-state index is 12.0. The van der Waals surface area contributed by atoms with Crippen LogP contribution in [0.1, 0.15) is 50.9 Å². The first-order valence-corrected chi connectivity index (χ1v) is 9.03. The fraction of sp³-hybridized carbons (Fsp3) is 0.619. The number of allylic oxidation sites excluding steroid dienone is 2. The number of hydrogen-bond acceptors (Lipinski definition) is 2. The predicted molar refractivity (Wildman–Crippen MR) is 94.1 cm³/mol. The van der Waals surface area contributed by atoms with Crippen molar-refractivity contribution in [1.82, 2.24) is 4.90 Å². The Morgan fingerprint density at radius 2 is 1.87 bits per heavy atom. The second-order valence-electron chi connectivity index (χ2n) is 7.46. The molecule has 1 aliphatic heterocycles. The summed E-state index contributed by atoms with van der Waals surface area (Å²) >= 11 is 0. The number of hydrogen-bond donors (Lipinski definition) is 1. The van der Waals surface area contributed by atoms with Gasteiger partial charge < -0.3 is 10.0 Å². The van der Waals surface area contributed by atoms with E-state index in [1.54, 1.807) is 0 Å². The molecule has 1 saturated heterocycles. The summed E-state index contributed by atoms with van der Waals surface area (Å²) < 4.78 is 40.9. The second-order valence-corrected chi connectivity index (χ2v) is 7.46. The van der Waals surface area contributed by atoms with Gasteiger partial charge in [-0.2, -0.15) is 0 Å². The molecule has 2 heteroatoms. The lowest BCUT2D eigenvalue weighted by atomic mass is 9.72. The van der Waals surface area contributed by atoms with Gasteiger partial charge in [-0.3, -0.25) is 0 Å². The Balaban J connectivity index is 1.74. The monoisotopic (exact) mass is 316 g/mol. The quantitative estimate of drug-likeness (QED) is 0.831. The molecule has 4 rings (SSSR count). The van der Waals surface area contributed by atoms with Crippen molar-refractivity contribution in [3.63, 3.8) is 0 Å². The maximum absolute atomic E-state index is 12.0. The third-order valence-corrected chi connectivity index (χ3v) is 6.08. The fourth-order valence-electron chi connectivity index (χ4n) is 4.80. The van der Waals surface area contributed by atoms with E-state index in [1.807, 2.05) is 0 Å². The van der Waals surface area contributed by atoms with Gasteiger partial charge in [0, 0.05) is 6.54 Å². The van der Waals surface area contributed by atoms with E-state index in [0.717, 1.165) is 38.8 Å². The first kappa shape index (κ1) is 10.7. The molecule has 1 heterocycles. The number of rotatable bonds is 5. The Morgan fingerprint density at radius 3 is 2.52 bits per heavy atom. The van der Waals surface area contributed by atoms with Crippen LogP contribution in [-0.4, -0.2) is 29.6 Å². The molecule has 1 unspecified atom stereocenters. The van der Waals surface area contributed by atoms with Gasteiger partial charge in [-0.15, -0.1) is 0 Å². The van der Waals surface area contributed by atoms with E-state index < -0.39 is 11.6 Å². The van der Waals surface area contributed by atoms with Crippen molar-refractivity contribution in [2.45, 2.75) is 44.1 Å². The molecule has 1 aromatic carbocycles. The summed E-state index contributed by atoms with van der Waals surface area (Å²) in [6, 6.07) is -1.61. The van der Waals surface area contributed by atoms with Crippen LogP contribution in [-0.2, 0) is 5.60 Å². The van der Waals surface area contributed by atoms with Gasteiger partial charge >= 0.3 is 0 Å². The van der Waals surface area contributed by atoms with Crippen molar-refractivity contribution < 1.29 is 12.0 Å². The van der Waals surface area contributed by atoms with Crippen LogP contribution in [0.3, 0.4) is 0 Å². The van der Waals surface area contributed by atoms with Crippen LogP contribution in [0, 0.1) is 17.8 Å². The molecule has 2 bridgehead atoms. The lowest BCUT2D eigenvalue weighted by Gasteiger charge is -2.40. The molecule has 1 saturated carbocycles. The van der Waals surface area contributed by atoms with Gasteiger partial charge in [-0.05, 0) is 68.5 Å². The minimum atomic E-state index is -1.41. The average Bonchev–Trinajstić information content (AvgIpc) is 3.34. The van der Waals surface area contributed by atoms with Crippen molar-refractivity contribution in [3.8, 4) is 0 Å². The largest absolute Gasteiger partial charge is 0.385 e. The van der Waals surface area contributed by atoms with Crippen molar-refractivity contribution >= 4 is 0 Å². The zero-order valence-corrected chi connectivity index (χ0v) is 13.6. The molecule has 2 fully saturated rings. The normalized spacial score (nSPS) is 36.0. The molecule has 3 aliphatic rings. The Bertz CT molecular complexity index is 762. The van der Waals surface area contributed by atoms with Gasteiger partial charge in [0.25, 0.3) is 0 Å². The summed E-state index contributed by atoms with van der Waals surface area (Å²) in [4.78, 5) is 2.34. The molecular formula is C21H29NO. The van der Waals surface area contributed by atoms with Crippen LogP contribution in [0.4, 0.5) is 0 Å². The van der Waals surface area contributed by atoms with Crippen molar-refractivity contribution in [2.24, 2.45) is 17.8 Å². The summed E-state index contributed by atoms with van der Waals surface area (Å²) in [7, 11) is 0. The van der Waals surface area contributed by atoms with Gasteiger partial charge in [0.15, 0.2) is 0 Å². The summed E-state index contributed by atoms with van der Waals surface area (Å²) in [6.07, 6.45) is 10.1. The standard InChI is InChI=1S/C21H29NO/c23-21(19-7-3-1-4-8-19,11-14-22-12-5-2-6-13-22)20-16-17-9-10-18(20)15-17/h1,3-4,7-10,17-18,20,23H,2,5-6,11-16H2/t17-,18+,20+,21?/m1/s1/i1D,3D,4D,7D,8D. The molecule has 0 spiro atoms.